The van der Waals surface area contributed by atoms with Gasteiger partial charge >= 0.3 is 5.97 Å². The SMILES string of the molecule is CC/C=C(/C)C(=O)Nc1ccc(O)cc1C(=O)O. The van der Waals surface area contributed by atoms with Gasteiger partial charge in [-0.05, 0) is 31.5 Å². The van der Waals surface area contributed by atoms with Gasteiger partial charge < -0.3 is 15.5 Å². The fourth-order valence-corrected chi connectivity index (χ4v) is 1.44. The first-order valence-electron chi connectivity index (χ1n) is 5.50. The van der Waals surface area contributed by atoms with Gasteiger partial charge in [0.05, 0.1) is 11.3 Å². The summed E-state index contributed by atoms with van der Waals surface area (Å²) >= 11 is 0. The molecule has 0 heterocycles. The van der Waals surface area contributed by atoms with Crippen LogP contribution < -0.4 is 5.32 Å². The molecule has 96 valence electrons. The number of aromatic hydroxyl groups is 1. The Morgan fingerprint density at radius 3 is 2.61 bits per heavy atom. The molecule has 0 saturated carbocycles. The highest BCUT2D eigenvalue weighted by molar-refractivity contribution is 6.07. The minimum absolute atomic E-state index is 0.146. The van der Waals surface area contributed by atoms with E-state index in [0.717, 1.165) is 12.5 Å². The summed E-state index contributed by atoms with van der Waals surface area (Å²) in [6.07, 6.45) is 2.47. The van der Waals surface area contributed by atoms with Gasteiger partial charge in [-0.1, -0.05) is 13.0 Å². The minimum Gasteiger partial charge on any atom is -0.508 e. The van der Waals surface area contributed by atoms with Crippen molar-refractivity contribution in [2.24, 2.45) is 0 Å². The van der Waals surface area contributed by atoms with Crippen LogP contribution in [0.3, 0.4) is 0 Å². The maximum atomic E-state index is 11.7. The second-order valence-corrected chi connectivity index (χ2v) is 3.78. The molecule has 0 bridgehead atoms. The van der Waals surface area contributed by atoms with Gasteiger partial charge in [0.15, 0.2) is 0 Å². The Hall–Kier alpha value is -2.30. The van der Waals surface area contributed by atoms with E-state index in [2.05, 4.69) is 5.32 Å². The van der Waals surface area contributed by atoms with Gasteiger partial charge in [-0.25, -0.2) is 4.79 Å². The zero-order chi connectivity index (χ0) is 13.7. The molecule has 0 aliphatic rings. The molecule has 1 aromatic carbocycles. The van der Waals surface area contributed by atoms with E-state index >= 15 is 0 Å². The zero-order valence-corrected chi connectivity index (χ0v) is 10.2. The lowest BCUT2D eigenvalue weighted by Gasteiger charge is -2.09. The topological polar surface area (TPSA) is 86.6 Å². The van der Waals surface area contributed by atoms with Gasteiger partial charge in [0.2, 0.25) is 0 Å². The first kappa shape index (κ1) is 13.8. The number of phenolic OH excluding ortho intramolecular Hbond substituents is 1. The smallest absolute Gasteiger partial charge is 0.337 e. The van der Waals surface area contributed by atoms with Gasteiger partial charge in [-0.3, -0.25) is 4.79 Å². The first-order chi connectivity index (χ1) is 8.45. The van der Waals surface area contributed by atoms with Crippen LogP contribution in [0.1, 0.15) is 30.6 Å². The number of nitrogens with one attached hydrogen (secondary N) is 1. The van der Waals surface area contributed by atoms with E-state index in [1.165, 1.54) is 12.1 Å². The molecule has 1 aromatic rings. The molecule has 0 aliphatic carbocycles. The average Bonchev–Trinajstić information content (AvgIpc) is 2.31. The molecule has 18 heavy (non-hydrogen) atoms. The summed E-state index contributed by atoms with van der Waals surface area (Å²) < 4.78 is 0. The molecular formula is C13H15NO4. The van der Waals surface area contributed by atoms with Crippen molar-refractivity contribution in [3.05, 3.63) is 35.4 Å². The Morgan fingerprint density at radius 1 is 1.39 bits per heavy atom. The Bertz CT molecular complexity index is 506. The molecule has 0 spiro atoms. The van der Waals surface area contributed by atoms with Gasteiger partial charge in [-0.15, -0.1) is 0 Å². The number of hydrogen-bond acceptors (Lipinski definition) is 3. The number of benzene rings is 1. The van der Waals surface area contributed by atoms with Gasteiger partial charge in [-0.2, -0.15) is 0 Å². The van der Waals surface area contributed by atoms with Crippen LogP contribution in [-0.2, 0) is 4.79 Å². The molecule has 0 atom stereocenters. The molecule has 5 nitrogen and oxygen atoms in total. The van der Waals surface area contributed by atoms with Crippen LogP contribution in [0.5, 0.6) is 5.75 Å². The second kappa shape index (κ2) is 5.86. The lowest BCUT2D eigenvalue weighted by atomic mass is 10.1. The van der Waals surface area contributed by atoms with Gasteiger partial charge in [0, 0.05) is 5.57 Å². The summed E-state index contributed by atoms with van der Waals surface area (Å²) in [4.78, 5) is 22.7. The number of aromatic carboxylic acids is 1. The monoisotopic (exact) mass is 249 g/mol. The van der Waals surface area contributed by atoms with Crippen molar-refractivity contribution in [3.8, 4) is 5.75 Å². The Kier molecular flexibility index (Phi) is 4.48. The standard InChI is InChI=1S/C13H15NO4/c1-3-4-8(2)12(16)14-11-6-5-9(15)7-10(11)13(17)18/h4-7,15H,3H2,1-2H3,(H,14,16)(H,17,18)/b8-4-. The number of amides is 1. The molecule has 1 amide bonds. The van der Waals surface area contributed by atoms with Crippen molar-refractivity contribution < 1.29 is 19.8 Å². The van der Waals surface area contributed by atoms with Crippen LogP contribution in [-0.4, -0.2) is 22.1 Å². The minimum atomic E-state index is -1.21. The number of carbonyl (C=O) groups excluding carboxylic acids is 1. The summed E-state index contributed by atoms with van der Waals surface area (Å²) in [5, 5.41) is 20.7. The Morgan fingerprint density at radius 2 is 2.06 bits per heavy atom. The fraction of sp³-hybridized carbons (Fsp3) is 0.231. The lowest BCUT2D eigenvalue weighted by Crippen LogP contribution is -2.15. The summed E-state index contributed by atoms with van der Waals surface area (Å²) in [5.41, 5.74) is 0.531. The highest BCUT2D eigenvalue weighted by Crippen LogP contribution is 2.21. The van der Waals surface area contributed by atoms with Gasteiger partial charge in [0.1, 0.15) is 5.75 Å². The van der Waals surface area contributed by atoms with E-state index in [1.807, 2.05) is 6.92 Å². The van der Waals surface area contributed by atoms with Crippen molar-refractivity contribution in [1.29, 1.82) is 0 Å². The molecule has 0 aromatic heterocycles. The molecular weight excluding hydrogens is 234 g/mol. The number of phenols is 1. The Balaban J connectivity index is 3.01. The predicted molar refractivity (Wildman–Crippen MR) is 67.7 cm³/mol. The number of rotatable bonds is 4. The second-order valence-electron chi connectivity index (χ2n) is 3.78. The van der Waals surface area contributed by atoms with Crippen LogP contribution in [0, 0.1) is 0 Å². The van der Waals surface area contributed by atoms with E-state index in [-0.39, 0.29) is 22.9 Å². The number of allylic oxidation sites excluding steroid dienone is 1. The van der Waals surface area contributed by atoms with Crippen molar-refractivity contribution in [3.63, 3.8) is 0 Å². The first-order valence-corrected chi connectivity index (χ1v) is 5.50. The summed E-state index contributed by atoms with van der Waals surface area (Å²) in [5.74, 6) is -1.73. The largest absolute Gasteiger partial charge is 0.508 e. The molecule has 1 rings (SSSR count). The maximum absolute atomic E-state index is 11.7. The van der Waals surface area contributed by atoms with Crippen molar-refractivity contribution >= 4 is 17.6 Å². The third kappa shape index (κ3) is 3.35. The van der Waals surface area contributed by atoms with Gasteiger partial charge in [0.25, 0.3) is 5.91 Å². The van der Waals surface area contributed by atoms with Crippen molar-refractivity contribution in [1.82, 2.24) is 0 Å². The molecule has 0 aliphatic heterocycles. The summed E-state index contributed by atoms with van der Waals surface area (Å²) in [7, 11) is 0. The van der Waals surface area contributed by atoms with E-state index in [9.17, 15) is 14.7 Å². The van der Waals surface area contributed by atoms with Crippen molar-refractivity contribution in [2.45, 2.75) is 20.3 Å². The molecule has 0 unspecified atom stereocenters. The third-order valence-corrected chi connectivity index (χ3v) is 2.35. The normalized spacial score (nSPS) is 11.1. The van der Waals surface area contributed by atoms with E-state index in [0.29, 0.717) is 5.57 Å². The lowest BCUT2D eigenvalue weighted by molar-refractivity contribution is -0.112. The number of carbonyl (C=O) groups is 2. The highest BCUT2D eigenvalue weighted by atomic mass is 16.4. The van der Waals surface area contributed by atoms with Crippen molar-refractivity contribution in [2.75, 3.05) is 5.32 Å². The zero-order valence-electron chi connectivity index (χ0n) is 10.2. The van der Waals surface area contributed by atoms with Crippen LogP contribution >= 0.6 is 0 Å². The predicted octanol–water partition coefficient (Wildman–Crippen LogP) is 2.39. The van der Waals surface area contributed by atoms with E-state index in [1.54, 1.807) is 13.0 Å². The van der Waals surface area contributed by atoms with Crippen LogP contribution in [0.4, 0.5) is 5.69 Å². The van der Waals surface area contributed by atoms with E-state index < -0.39 is 5.97 Å². The highest BCUT2D eigenvalue weighted by Gasteiger charge is 2.13. The maximum Gasteiger partial charge on any atom is 0.337 e. The molecule has 0 fully saturated rings. The summed E-state index contributed by atoms with van der Waals surface area (Å²) in [6.45, 7) is 3.56. The summed E-state index contributed by atoms with van der Waals surface area (Å²) in [6, 6.07) is 3.77. The molecule has 3 N–H and O–H groups in total. The molecule has 5 heteroatoms. The van der Waals surface area contributed by atoms with Crippen LogP contribution in [0.25, 0.3) is 0 Å². The Labute approximate surface area is 105 Å². The third-order valence-electron chi connectivity index (χ3n) is 2.35. The quantitative estimate of drug-likeness (QED) is 0.564. The number of hydrogen-bond donors (Lipinski definition) is 3. The molecule has 0 radical (unpaired) electrons. The van der Waals surface area contributed by atoms with Crippen LogP contribution in [0.2, 0.25) is 0 Å². The fourth-order valence-electron chi connectivity index (χ4n) is 1.44. The molecule has 0 saturated heterocycles. The van der Waals surface area contributed by atoms with E-state index in [4.69, 9.17) is 5.11 Å². The van der Waals surface area contributed by atoms with Crippen LogP contribution in [0.15, 0.2) is 29.8 Å². The number of carboxylic acids is 1. The average molecular weight is 249 g/mol. The number of carboxylic acid groups (broad SMARTS) is 1. The number of anilines is 1.